The Labute approximate surface area is 195 Å². The zero-order chi connectivity index (χ0) is 24.1. The number of benzene rings is 2. The standard InChI is InChI=1S/C27H36F2O4/c1-3-5-7-9-10-12-18-33-24-16-15-21(25(28)26(24)29)23-19-20(13-14-22(23)27(30)31)32-17-11-8-6-4-2/h13-16,19H,3-12,17-18H2,1-2H3,(H,30,31). The van der Waals surface area contributed by atoms with E-state index in [0.29, 0.717) is 19.0 Å². The van der Waals surface area contributed by atoms with Crippen LogP contribution in [0.15, 0.2) is 30.3 Å². The summed E-state index contributed by atoms with van der Waals surface area (Å²) in [4.78, 5) is 11.7. The summed E-state index contributed by atoms with van der Waals surface area (Å²) in [6.07, 6.45) is 10.5. The molecule has 4 nitrogen and oxygen atoms in total. The summed E-state index contributed by atoms with van der Waals surface area (Å²) in [5.41, 5.74) is -0.173. The second-order valence-corrected chi connectivity index (χ2v) is 8.28. The minimum atomic E-state index is -1.22. The van der Waals surface area contributed by atoms with Crippen molar-refractivity contribution in [3.05, 3.63) is 47.5 Å². The Morgan fingerprint density at radius 2 is 1.36 bits per heavy atom. The van der Waals surface area contributed by atoms with Crippen molar-refractivity contribution >= 4 is 5.97 Å². The maximum atomic E-state index is 14.9. The van der Waals surface area contributed by atoms with Crippen molar-refractivity contribution < 1.29 is 28.2 Å². The number of unbranched alkanes of at least 4 members (excludes halogenated alkanes) is 8. The maximum Gasteiger partial charge on any atom is 0.336 e. The number of aromatic carboxylic acids is 1. The molecule has 1 N–H and O–H groups in total. The largest absolute Gasteiger partial charge is 0.494 e. The molecule has 2 aromatic rings. The lowest BCUT2D eigenvalue weighted by Crippen LogP contribution is -2.05. The molecule has 0 heterocycles. The third-order valence-electron chi connectivity index (χ3n) is 5.58. The average molecular weight is 463 g/mol. The number of carboxylic acid groups (broad SMARTS) is 1. The highest BCUT2D eigenvalue weighted by Gasteiger charge is 2.21. The highest BCUT2D eigenvalue weighted by Crippen LogP contribution is 2.34. The minimum absolute atomic E-state index is 0.0763. The van der Waals surface area contributed by atoms with Gasteiger partial charge in [0, 0.05) is 11.1 Å². The maximum absolute atomic E-state index is 14.9. The van der Waals surface area contributed by atoms with E-state index in [9.17, 15) is 18.7 Å². The number of carbonyl (C=O) groups is 1. The molecule has 0 aliphatic carbocycles. The lowest BCUT2D eigenvalue weighted by Gasteiger charge is -2.14. The normalized spacial score (nSPS) is 10.9. The van der Waals surface area contributed by atoms with E-state index < -0.39 is 17.6 Å². The van der Waals surface area contributed by atoms with E-state index in [2.05, 4.69) is 13.8 Å². The molecule has 0 bridgehead atoms. The number of rotatable bonds is 16. The van der Waals surface area contributed by atoms with E-state index >= 15 is 0 Å². The first kappa shape index (κ1) is 26.6. The molecule has 2 rings (SSSR count). The van der Waals surface area contributed by atoms with Crippen LogP contribution in [0.2, 0.25) is 0 Å². The van der Waals surface area contributed by atoms with Crippen molar-refractivity contribution in [1.29, 1.82) is 0 Å². The first-order chi connectivity index (χ1) is 16.0. The van der Waals surface area contributed by atoms with E-state index in [1.807, 2.05) is 0 Å². The van der Waals surface area contributed by atoms with Gasteiger partial charge in [-0.15, -0.1) is 0 Å². The van der Waals surface area contributed by atoms with Gasteiger partial charge in [0.2, 0.25) is 5.82 Å². The number of hydrogen-bond donors (Lipinski definition) is 1. The Bertz CT molecular complexity index is 883. The van der Waals surface area contributed by atoms with Crippen LogP contribution in [-0.2, 0) is 0 Å². The van der Waals surface area contributed by atoms with E-state index in [0.717, 1.165) is 44.9 Å². The van der Waals surface area contributed by atoms with Crippen LogP contribution >= 0.6 is 0 Å². The Balaban J connectivity index is 2.11. The fourth-order valence-electron chi connectivity index (χ4n) is 3.66. The van der Waals surface area contributed by atoms with Crippen LogP contribution in [0.4, 0.5) is 8.78 Å². The lowest BCUT2D eigenvalue weighted by atomic mass is 9.98. The van der Waals surface area contributed by atoms with E-state index in [4.69, 9.17) is 9.47 Å². The topological polar surface area (TPSA) is 55.8 Å². The number of carboxylic acids is 1. The molecule has 0 amide bonds. The van der Waals surface area contributed by atoms with Crippen molar-refractivity contribution in [1.82, 2.24) is 0 Å². The molecule has 33 heavy (non-hydrogen) atoms. The third-order valence-corrected chi connectivity index (χ3v) is 5.58. The molecule has 0 radical (unpaired) electrons. The molecule has 0 aliphatic heterocycles. The number of hydrogen-bond acceptors (Lipinski definition) is 3. The van der Waals surface area contributed by atoms with Gasteiger partial charge < -0.3 is 14.6 Å². The second-order valence-electron chi connectivity index (χ2n) is 8.28. The smallest absolute Gasteiger partial charge is 0.336 e. The molecule has 6 heteroatoms. The van der Waals surface area contributed by atoms with Gasteiger partial charge in [0.25, 0.3) is 0 Å². The summed E-state index contributed by atoms with van der Waals surface area (Å²) in [7, 11) is 0. The van der Waals surface area contributed by atoms with Gasteiger partial charge in [-0.1, -0.05) is 65.2 Å². The molecule has 2 aromatic carbocycles. The van der Waals surface area contributed by atoms with Crippen molar-refractivity contribution in [3.63, 3.8) is 0 Å². The van der Waals surface area contributed by atoms with Crippen LogP contribution in [-0.4, -0.2) is 24.3 Å². The summed E-state index contributed by atoms with van der Waals surface area (Å²) < 4.78 is 40.8. The highest BCUT2D eigenvalue weighted by molar-refractivity contribution is 5.96. The van der Waals surface area contributed by atoms with Gasteiger partial charge in [-0.2, -0.15) is 4.39 Å². The molecule has 0 saturated heterocycles. The molecule has 0 spiro atoms. The third kappa shape index (κ3) is 8.34. The van der Waals surface area contributed by atoms with Crippen molar-refractivity contribution in [2.75, 3.05) is 13.2 Å². The van der Waals surface area contributed by atoms with E-state index in [1.165, 1.54) is 43.5 Å². The molecule has 0 fully saturated rings. The fourth-order valence-corrected chi connectivity index (χ4v) is 3.66. The average Bonchev–Trinajstić information content (AvgIpc) is 2.81. The Hall–Kier alpha value is -2.63. The summed E-state index contributed by atoms with van der Waals surface area (Å²) in [6.45, 7) is 5.06. The lowest BCUT2D eigenvalue weighted by molar-refractivity contribution is 0.0697. The quantitative estimate of drug-likeness (QED) is 0.257. The minimum Gasteiger partial charge on any atom is -0.494 e. The van der Waals surface area contributed by atoms with Gasteiger partial charge in [-0.25, -0.2) is 9.18 Å². The predicted molar refractivity (Wildman–Crippen MR) is 127 cm³/mol. The van der Waals surface area contributed by atoms with Crippen molar-refractivity contribution in [3.8, 4) is 22.6 Å². The molecule has 0 aliphatic rings. The predicted octanol–water partition coefficient (Wildman–Crippen LogP) is 8.03. The van der Waals surface area contributed by atoms with Gasteiger partial charge in [-0.05, 0) is 43.2 Å². The Morgan fingerprint density at radius 1 is 0.758 bits per heavy atom. The van der Waals surface area contributed by atoms with Crippen molar-refractivity contribution in [2.45, 2.75) is 78.1 Å². The van der Waals surface area contributed by atoms with Crippen LogP contribution in [0.25, 0.3) is 11.1 Å². The Kier molecular flexibility index (Phi) is 11.7. The highest BCUT2D eigenvalue weighted by atomic mass is 19.2. The van der Waals surface area contributed by atoms with Gasteiger partial charge in [0.15, 0.2) is 11.6 Å². The monoisotopic (exact) mass is 462 g/mol. The Morgan fingerprint density at radius 3 is 2.03 bits per heavy atom. The molecule has 0 aromatic heterocycles. The fraction of sp³-hybridized carbons (Fsp3) is 0.519. The first-order valence-electron chi connectivity index (χ1n) is 12.1. The SMILES string of the molecule is CCCCCCCCOc1ccc(-c2cc(OCCCCCC)ccc2C(=O)O)c(F)c1F. The van der Waals surface area contributed by atoms with Crippen LogP contribution in [0.5, 0.6) is 11.5 Å². The summed E-state index contributed by atoms with van der Waals surface area (Å²) in [5.74, 6) is -3.19. The zero-order valence-electron chi connectivity index (χ0n) is 19.8. The molecular formula is C27H36F2O4. The molecular weight excluding hydrogens is 426 g/mol. The second kappa shape index (κ2) is 14.5. The van der Waals surface area contributed by atoms with Gasteiger partial charge in [-0.3, -0.25) is 0 Å². The van der Waals surface area contributed by atoms with Gasteiger partial charge in [0.1, 0.15) is 5.75 Å². The van der Waals surface area contributed by atoms with E-state index in [1.54, 1.807) is 6.07 Å². The van der Waals surface area contributed by atoms with Crippen molar-refractivity contribution in [2.24, 2.45) is 0 Å². The van der Waals surface area contributed by atoms with Crippen LogP contribution < -0.4 is 9.47 Å². The van der Waals surface area contributed by atoms with Crippen LogP contribution in [0.1, 0.15) is 88.4 Å². The number of ether oxygens (including phenoxy) is 2. The van der Waals surface area contributed by atoms with Gasteiger partial charge >= 0.3 is 5.97 Å². The molecule has 0 atom stereocenters. The number of halogens is 2. The molecule has 182 valence electrons. The molecule has 0 saturated carbocycles. The van der Waals surface area contributed by atoms with E-state index in [-0.39, 0.29) is 22.4 Å². The summed E-state index contributed by atoms with van der Waals surface area (Å²) in [5, 5.41) is 9.54. The van der Waals surface area contributed by atoms with Gasteiger partial charge in [0.05, 0.1) is 18.8 Å². The summed E-state index contributed by atoms with van der Waals surface area (Å²) in [6, 6.07) is 7.08. The van der Waals surface area contributed by atoms with Crippen LogP contribution in [0.3, 0.4) is 0 Å². The first-order valence-corrected chi connectivity index (χ1v) is 12.1. The zero-order valence-corrected chi connectivity index (χ0v) is 19.8. The molecule has 0 unspecified atom stereocenters. The summed E-state index contributed by atoms with van der Waals surface area (Å²) >= 11 is 0. The van der Waals surface area contributed by atoms with Crippen LogP contribution in [0, 0.1) is 11.6 Å².